The lowest BCUT2D eigenvalue weighted by Crippen LogP contribution is -2.30. The van der Waals surface area contributed by atoms with E-state index in [2.05, 4.69) is 0 Å². The molecule has 0 bridgehead atoms. The summed E-state index contributed by atoms with van der Waals surface area (Å²) in [5.41, 5.74) is 7.31. The van der Waals surface area contributed by atoms with Gasteiger partial charge in [-0.05, 0) is 42.8 Å². The predicted molar refractivity (Wildman–Crippen MR) is 77.6 cm³/mol. The second-order valence-corrected chi connectivity index (χ2v) is 4.69. The molecule has 110 valence electrons. The number of carbonyl (C=O) groups is 1. The molecule has 0 spiro atoms. The third kappa shape index (κ3) is 3.56. The van der Waals surface area contributed by atoms with E-state index in [1.807, 2.05) is 19.1 Å². The van der Waals surface area contributed by atoms with Crippen LogP contribution in [0.5, 0.6) is 0 Å². The standard InChI is InChI=1S/C16H16F2N2O/c1-2-20(10-11-3-6-13(19)7-4-11)16(21)12-5-8-14(17)15(18)9-12/h3-9H,2,10,19H2,1H3. The van der Waals surface area contributed by atoms with Gasteiger partial charge in [0.2, 0.25) is 0 Å². The molecule has 2 aromatic rings. The molecular weight excluding hydrogens is 274 g/mol. The highest BCUT2D eigenvalue weighted by atomic mass is 19.2. The van der Waals surface area contributed by atoms with Crippen LogP contribution in [-0.2, 0) is 6.54 Å². The second kappa shape index (κ2) is 6.35. The molecule has 0 saturated carbocycles. The summed E-state index contributed by atoms with van der Waals surface area (Å²) in [6.45, 7) is 2.67. The van der Waals surface area contributed by atoms with Crippen molar-refractivity contribution in [2.75, 3.05) is 12.3 Å². The quantitative estimate of drug-likeness (QED) is 0.879. The van der Waals surface area contributed by atoms with Crippen LogP contribution >= 0.6 is 0 Å². The van der Waals surface area contributed by atoms with Crippen LogP contribution in [0.1, 0.15) is 22.8 Å². The van der Waals surface area contributed by atoms with Crippen molar-refractivity contribution >= 4 is 11.6 Å². The number of carbonyl (C=O) groups excluding carboxylic acids is 1. The van der Waals surface area contributed by atoms with Gasteiger partial charge in [-0.3, -0.25) is 4.79 Å². The molecule has 0 aliphatic rings. The minimum absolute atomic E-state index is 0.131. The Labute approximate surface area is 122 Å². The molecule has 2 rings (SSSR count). The molecule has 2 N–H and O–H groups in total. The fraction of sp³-hybridized carbons (Fsp3) is 0.188. The first kappa shape index (κ1) is 15.0. The number of hydrogen-bond donors (Lipinski definition) is 1. The van der Waals surface area contributed by atoms with E-state index >= 15 is 0 Å². The third-order valence-corrected chi connectivity index (χ3v) is 3.19. The minimum atomic E-state index is -1.02. The summed E-state index contributed by atoms with van der Waals surface area (Å²) in [7, 11) is 0. The van der Waals surface area contributed by atoms with E-state index in [-0.39, 0.29) is 11.5 Å². The Balaban J connectivity index is 2.18. The first-order valence-corrected chi connectivity index (χ1v) is 6.60. The van der Waals surface area contributed by atoms with Crippen molar-refractivity contribution in [2.24, 2.45) is 0 Å². The molecule has 2 aromatic carbocycles. The molecule has 0 fully saturated rings. The van der Waals surface area contributed by atoms with Crippen molar-refractivity contribution in [2.45, 2.75) is 13.5 Å². The maximum atomic E-state index is 13.2. The highest BCUT2D eigenvalue weighted by Gasteiger charge is 2.16. The van der Waals surface area contributed by atoms with Gasteiger partial charge in [-0.1, -0.05) is 12.1 Å². The van der Waals surface area contributed by atoms with Crippen molar-refractivity contribution < 1.29 is 13.6 Å². The summed E-state index contributed by atoms with van der Waals surface area (Å²) < 4.78 is 26.1. The molecule has 0 heterocycles. The number of nitrogens with two attached hydrogens (primary N) is 1. The van der Waals surface area contributed by atoms with E-state index in [1.165, 1.54) is 6.07 Å². The summed E-state index contributed by atoms with van der Waals surface area (Å²) in [4.78, 5) is 13.9. The Kier molecular flexibility index (Phi) is 4.52. The van der Waals surface area contributed by atoms with E-state index in [0.29, 0.717) is 18.8 Å². The van der Waals surface area contributed by atoms with Gasteiger partial charge in [0.05, 0.1) is 0 Å². The highest BCUT2D eigenvalue weighted by Crippen LogP contribution is 2.14. The number of halogens is 2. The second-order valence-electron chi connectivity index (χ2n) is 4.69. The van der Waals surface area contributed by atoms with Crippen molar-refractivity contribution in [3.05, 3.63) is 65.2 Å². The van der Waals surface area contributed by atoms with E-state index in [1.54, 1.807) is 17.0 Å². The molecule has 0 unspecified atom stereocenters. The Morgan fingerprint density at radius 2 is 1.76 bits per heavy atom. The molecule has 0 aromatic heterocycles. The van der Waals surface area contributed by atoms with Crippen LogP contribution in [0.25, 0.3) is 0 Å². The minimum Gasteiger partial charge on any atom is -0.399 e. The summed E-state index contributed by atoms with van der Waals surface area (Å²) in [5, 5.41) is 0. The summed E-state index contributed by atoms with van der Waals surface area (Å²) in [5.74, 6) is -2.33. The summed E-state index contributed by atoms with van der Waals surface area (Å²) in [6.07, 6.45) is 0. The van der Waals surface area contributed by atoms with Crippen LogP contribution < -0.4 is 5.73 Å². The number of anilines is 1. The molecule has 21 heavy (non-hydrogen) atoms. The molecule has 0 radical (unpaired) electrons. The molecule has 1 amide bonds. The van der Waals surface area contributed by atoms with Crippen molar-refractivity contribution in [1.29, 1.82) is 0 Å². The number of rotatable bonds is 4. The lowest BCUT2D eigenvalue weighted by atomic mass is 10.1. The number of amides is 1. The first-order valence-electron chi connectivity index (χ1n) is 6.60. The zero-order chi connectivity index (χ0) is 15.4. The number of benzene rings is 2. The SMILES string of the molecule is CCN(Cc1ccc(N)cc1)C(=O)c1ccc(F)c(F)c1. The Morgan fingerprint density at radius 1 is 1.10 bits per heavy atom. The molecule has 3 nitrogen and oxygen atoms in total. The van der Waals surface area contributed by atoms with Gasteiger partial charge in [-0.15, -0.1) is 0 Å². The molecule has 0 saturated heterocycles. The predicted octanol–water partition coefficient (Wildman–Crippen LogP) is 3.21. The highest BCUT2D eigenvalue weighted by molar-refractivity contribution is 5.94. The molecule has 5 heteroatoms. The van der Waals surface area contributed by atoms with Gasteiger partial charge in [0.25, 0.3) is 5.91 Å². The van der Waals surface area contributed by atoms with Crippen molar-refractivity contribution in [3.63, 3.8) is 0 Å². The maximum Gasteiger partial charge on any atom is 0.254 e. The average Bonchev–Trinajstić information content (AvgIpc) is 2.49. The number of nitrogens with zero attached hydrogens (tertiary/aromatic N) is 1. The van der Waals surface area contributed by atoms with Gasteiger partial charge in [0.15, 0.2) is 11.6 Å². The topological polar surface area (TPSA) is 46.3 Å². The van der Waals surface area contributed by atoms with Gasteiger partial charge >= 0.3 is 0 Å². The zero-order valence-corrected chi connectivity index (χ0v) is 11.6. The number of nitrogen functional groups attached to an aromatic ring is 1. The Hall–Kier alpha value is -2.43. The van der Waals surface area contributed by atoms with Crippen LogP contribution in [0.4, 0.5) is 14.5 Å². The zero-order valence-electron chi connectivity index (χ0n) is 11.6. The first-order chi connectivity index (χ1) is 10.0. The normalized spacial score (nSPS) is 10.4. The Bertz CT molecular complexity index is 641. The lowest BCUT2D eigenvalue weighted by molar-refractivity contribution is 0.0752. The van der Waals surface area contributed by atoms with Gasteiger partial charge < -0.3 is 10.6 Å². The maximum absolute atomic E-state index is 13.2. The summed E-state index contributed by atoms with van der Waals surface area (Å²) in [6, 6.07) is 10.3. The van der Waals surface area contributed by atoms with Gasteiger partial charge in [0, 0.05) is 24.3 Å². The fourth-order valence-corrected chi connectivity index (χ4v) is 1.98. The van der Waals surface area contributed by atoms with Gasteiger partial charge in [-0.2, -0.15) is 0 Å². The van der Waals surface area contributed by atoms with Gasteiger partial charge in [-0.25, -0.2) is 8.78 Å². The molecule has 0 aliphatic carbocycles. The third-order valence-electron chi connectivity index (χ3n) is 3.19. The van der Waals surface area contributed by atoms with E-state index in [0.717, 1.165) is 17.7 Å². The smallest absolute Gasteiger partial charge is 0.254 e. The van der Waals surface area contributed by atoms with E-state index in [4.69, 9.17) is 5.73 Å². The van der Waals surface area contributed by atoms with E-state index < -0.39 is 11.6 Å². The largest absolute Gasteiger partial charge is 0.399 e. The fourth-order valence-electron chi connectivity index (χ4n) is 1.98. The monoisotopic (exact) mass is 290 g/mol. The van der Waals surface area contributed by atoms with Crippen LogP contribution in [0.3, 0.4) is 0 Å². The molecule has 0 atom stereocenters. The van der Waals surface area contributed by atoms with Crippen LogP contribution in [0, 0.1) is 11.6 Å². The van der Waals surface area contributed by atoms with Crippen LogP contribution in [0.15, 0.2) is 42.5 Å². The summed E-state index contributed by atoms with van der Waals surface area (Å²) >= 11 is 0. The Morgan fingerprint density at radius 3 is 2.33 bits per heavy atom. The lowest BCUT2D eigenvalue weighted by Gasteiger charge is -2.21. The number of hydrogen-bond acceptors (Lipinski definition) is 2. The van der Waals surface area contributed by atoms with Crippen molar-refractivity contribution in [3.8, 4) is 0 Å². The molecule has 0 aliphatic heterocycles. The van der Waals surface area contributed by atoms with Crippen molar-refractivity contribution in [1.82, 2.24) is 4.90 Å². The van der Waals surface area contributed by atoms with Crippen LogP contribution in [-0.4, -0.2) is 17.4 Å². The average molecular weight is 290 g/mol. The van der Waals surface area contributed by atoms with Crippen LogP contribution in [0.2, 0.25) is 0 Å². The molecular formula is C16H16F2N2O. The van der Waals surface area contributed by atoms with Gasteiger partial charge in [0.1, 0.15) is 0 Å². The van der Waals surface area contributed by atoms with E-state index in [9.17, 15) is 13.6 Å².